The van der Waals surface area contributed by atoms with Crippen molar-refractivity contribution >= 4 is 33.7 Å². The summed E-state index contributed by atoms with van der Waals surface area (Å²) in [7, 11) is -3.27. The third-order valence-electron chi connectivity index (χ3n) is 4.68. The van der Waals surface area contributed by atoms with Gasteiger partial charge < -0.3 is 9.84 Å². The van der Waals surface area contributed by atoms with Crippen LogP contribution in [-0.2, 0) is 10.0 Å². The molecule has 0 radical (unpaired) electrons. The van der Waals surface area contributed by atoms with Crippen molar-refractivity contribution in [3.05, 3.63) is 53.6 Å². The predicted octanol–water partition coefficient (Wildman–Crippen LogP) is 4.23. The zero-order valence-corrected chi connectivity index (χ0v) is 16.5. The molecule has 6 nitrogen and oxygen atoms in total. The van der Waals surface area contributed by atoms with Crippen molar-refractivity contribution in [2.24, 2.45) is 4.99 Å². The Morgan fingerprint density at radius 2 is 1.89 bits per heavy atom. The van der Waals surface area contributed by atoms with Gasteiger partial charge in [0.2, 0.25) is 10.0 Å². The van der Waals surface area contributed by atoms with E-state index in [-0.39, 0.29) is 11.0 Å². The maximum atomic E-state index is 12.0. The van der Waals surface area contributed by atoms with Crippen LogP contribution in [-0.4, -0.2) is 30.6 Å². The van der Waals surface area contributed by atoms with Crippen LogP contribution in [0.1, 0.15) is 37.8 Å². The quantitative estimate of drug-likeness (QED) is 0.738. The minimum Gasteiger partial charge on any atom is -0.506 e. The fourth-order valence-corrected chi connectivity index (χ4v) is 4.34. The fraction of sp³-hybridized carbons (Fsp3) is 0.286. The minimum atomic E-state index is -3.27. The van der Waals surface area contributed by atoms with Gasteiger partial charge in [0.05, 0.1) is 16.5 Å². The number of aliphatic imine (C=N–C) groups is 1. The van der Waals surface area contributed by atoms with E-state index in [0.717, 1.165) is 12.8 Å². The van der Waals surface area contributed by atoms with Crippen LogP contribution in [0.2, 0.25) is 0 Å². The van der Waals surface area contributed by atoms with E-state index in [0.29, 0.717) is 28.3 Å². The van der Waals surface area contributed by atoms with Gasteiger partial charge in [-0.25, -0.2) is 8.42 Å². The maximum Gasteiger partial charge on any atom is 0.235 e. The number of hydrogen-bond acceptors (Lipinski definition) is 5. The van der Waals surface area contributed by atoms with Crippen molar-refractivity contribution in [1.82, 2.24) is 0 Å². The van der Waals surface area contributed by atoms with Gasteiger partial charge in [-0.05, 0) is 75.2 Å². The molecular weight excluding hydrogens is 376 g/mol. The summed E-state index contributed by atoms with van der Waals surface area (Å²) in [6, 6.07) is 10.4. The Morgan fingerprint density at radius 1 is 1.18 bits per heavy atom. The molecule has 2 aromatic rings. The number of phenolic OH excluding ortho intramolecular Hbond substituents is 1. The summed E-state index contributed by atoms with van der Waals surface area (Å²) < 4.78 is 32.4. The third kappa shape index (κ3) is 3.89. The number of benzene rings is 2. The first-order chi connectivity index (χ1) is 13.2. The number of ether oxygens (including phenoxy) is 1. The highest BCUT2D eigenvalue weighted by Gasteiger charge is 2.35. The monoisotopic (exact) mass is 398 g/mol. The lowest BCUT2D eigenvalue weighted by atomic mass is 10.00. The highest BCUT2D eigenvalue weighted by Crippen LogP contribution is 2.38. The first-order valence-corrected chi connectivity index (χ1v) is 10.7. The van der Waals surface area contributed by atoms with Crippen LogP contribution in [0, 0.1) is 0 Å². The van der Waals surface area contributed by atoms with Crippen LogP contribution < -0.4 is 9.46 Å². The Bertz CT molecular complexity index is 1070. The van der Waals surface area contributed by atoms with Crippen LogP contribution >= 0.6 is 0 Å². The van der Waals surface area contributed by atoms with E-state index < -0.39 is 15.6 Å². The molecule has 28 heavy (non-hydrogen) atoms. The van der Waals surface area contributed by atoms with E-state index in [1.807, 2.05) is 32.1 Å². The summed E-state index contributed by atoms with van der Waals surface area (Å²) in [6.07, 6.45) is 6.77. The smallest absolute Gasteiger partial charge is 0.235 e. The van der Waals surface area contributed by atoms with Crippen LogP contribution in [0.5, 0.6) is 11.5 Å². The van der Waals surface area contributed by atoms with E-state index in [4.69, 9.17) is 4.74 Å². The highest BCUT2D eigenvalue weighted by molar-refractivity contribution is 7.93. The Morgan fingerprint density at radius 3 is 2.57 bits per heavy atom. The molecule has 1 heterocycles. The zero-order chi connectivity index (χ0) is 19.9. The van der Waals surface area contributed by atoms with E-state index >= 15 is 0 Å². The predicted molar refractivity (Wildman–Crippen MR) is 111 cm³/mol. The molecule has 0 bridgehead atoms. The zero-order valence-electron chi connectivity index (χ0n) is 15.7. The molecule has 0 atom stereocenters. The summed E-state index contributed by atoms with van der Waals surface area (Å²) in [4.78, 5) is 4.37. The first kappa shape index (κ1) is 18.6. The molecule has 2 N–H and O–H groups in total. The third-order valence-corrected chi connectivity index (χ3v) is 6.55. The molecule has 146 valence electrons. The van der Waals surface area contributed by atoms with Gasteiger partial charge in [-0.1, -0.05) is 0 Å². The molecule has 0 aromatic heterocycles. The number of nitrogens with zero attached hydrogens (tertiary/aromatic N) is 1. The second-order valence-electron chi connectivity index (χ2n) is 7.61. The van der Waals surface area contributed by atoms with Crippen LogP contribution in [0.4, 0.5) is 11.4 Å². The number of hydrogen-bond donors (Lipinski definition) is 2. The Kier molecular flexibility index (Phi) is 4.42. The van der Waals surface area contributed by atoms with Gasteiger partial charge in [0.15, 0.2) is 0 Å². The van der Waals surface area contributed by atoms with E-state index in [1.54, 1.807) is 36.5 Å². The van der Waals surface area contributed by atoms with Crippen molar-refractivity contribution in [3.8, 4) is 11.5 Å². The van der Waals surface area contributed by atoms with Crippen molar-refractivity contribution in [2.75, 3.05) is 4.72 Å². The van der Waals surface area contributed by atoms with Gasteiger partial charge in [-0.3, -0.25) is 9.71 Å². The Balaban J connectivity index is 1.50. The van der Waals surface area contributed by atoms with Gasteiger partial charge in [0, 0.05) is 17.5 Å². The highest BCUT2D eigenvalue weighted by atomic mass is 32.2. The second kappa shape index (κ2) is 6.67. The van der Waals surface area contributed by atoms with Crippen molar-refractivity contribution in [3.63, 3.8) is 0 Å². The summed E-state index contributed by atoms with van der Waals surface area (Å²) in [5, 5.41) is 10.3. The minimum absolute atomic E-state index is 0.113. The molecule has 1 saturated carbocycles. The topological polar surface area (TPSA) is 88.0 Å². The average molecular weight is 398 g/mol. The molecule has 0 spiro atoms. The van der Waals surface area contributed by atoms with Gasteiger partial charge in [-0.2, -0.15) is 0 Å². The first-order valence-electron chi connectivity index (χ1n) is 9.13. The molecule has 4 rings (SSSR count). The fourth-order valence-electron chi connectivity index (χ4n) is 2.95. The molecule has 0 saturated heterocycles. The van der Waals surface area contributed by atoms with Crippen molar-refractivity contribution in [2.45, 2.75) is 37.5 Å². The summed E-state index contributed by atoms with van der Waals surface area (Å²) in [5.41, 5.74) is 1.97. The summed E-state index contributed by atoms with van der Waals surface area (Å²) >= 11 is 0. The molecule has 2 aliphatic rings. The molecule has 7 heteroatoms. The van der Waals surface area contributed by atoms with Gasteiger partial charge >= 0.3 is 0 Å². The van der Waals surface area contributed by atoms with Crippen LogP contribution in [0.25, 0.3) is 6.08 Å². The lowest BCUT2D eigenvalue weighted by molar-refractivity contribution is 0.158. The van der Waals surface area contributed by atoms with Crippen LogP contribution in [0.3, 0.4) is 0 Å². The number of phenols is 1. The van der Waals surface area contributed by atoms with E-state index in [1.165, 1.54) is 0 Å². The van der Waals surface area contributed by atoms with E-state index in [9.17, 15) is 13.5 Å². The van der Waals surface area contributed by atoms with E-state index in [2.05, 4.69) is 9.71 Å². The number of sulfonamides is 1. The standard InChI is InChI=1S/C21H22N2O4S/c1-21(2)12-11-18-19(27-21)10-3-14(20(18)24)13-22-15-4-6-16(7-5-15)23-28(25,26)17-8-9-17/h3-7,10-13,17,23-24H,8-9H2,1-2H3/b22-13+. The summed E-state index contributed by atoms with van der Waals surface area (Å²) in [5.74, 6) is 0.747. The molecule has 0 amide bonds. The normalized spacial score (nSPS) is 17.9. The van der Waals surface area contributed by atoms with Crippen molar-refractivity contribution < 1.29 is 18.3 Å². The van der Waals surface area contributed by atoms with Gasteiger partial charge in [0.25, 0.3) is 0 Å². The molecule has 0 unspecified atom stereocenters. The maximum absolute atomic E-state index is 12.0. The van der Waals surface area contributed by atoms with Crippen molar-refractivity contribution in [1.29, 1.82) is 0 Å². The van der Waals surface area contributed by atoms with Gasteiger partial charge in [0.1, 0.15) is 17.1 Å². The second-order valence-corrected chi connectivity index (χ2v) is 9.57. The number of anilines is 1. The average Bonchev–Trinajstić information content (AvgIpc) is 3.47. The number of rotatable bonds is 5. The number of aromatic hydroxyl groups is 1. The van der Waals surface area contributed by atoms with Gasteiger partial charge in [-0.15, -0.1) is 0 Å². The molecule has 1 aliphatic carbocycles. The SMILES string of the molecule is CC1(C)C=Cc2c(ccc(/C=N/c3ccc(NS(=O)(=O)C4CC4)cc3)c2O)O1. The Hall–Kier alpha value is -2.80. The lowest BCUT2D eigenvalue weighted by Crippen LogP contribution is -2.27. The number of nitrogens with one attached hydrogen (secondary N) is 1. The van der Waals surface area contributed by atoms with Crippen LogP contribution in [0.15, 0.2) is 47.5 Å². The molecule has 1 aliphatic heterocycles. The number of fused-ring (bicyclic) bond motifs is 1. The lowest BCUT2D eigenvalue weighted by Gasteiger charge is -2.28. The molecule has 2 aromatic carbocycles. The molecule has 1 fully saturated rings. The molecular formula is C21H22N2O4S. The summed E-state index contributed by atoms with van der Waals surface area (Å²) in [6.45, 7) is 3.90. The largest absolute Gasteiger partial charge is 0.506 e. The Labute approximate surface area is 164 Å².